The molecule has 32 heavy (non-hydrogen) atoms. The van der Waals surface area contributed by atoms with Crippen molar-refractivity contribution in [2.75, 3.05) is 0 Å². The Morgan fingerprint density at radius 3 is 2.28 bits per heavy atom. The van der Waals surface area contributed by atoms with Crippen LogP contribution in [-0.2, 0) is 0 Å². The SMILES string of the molecule is NC(=S)n1[nH]c(-c2ccccc2)c(N=Nc2ccc(Cl)cc2C(=O)c2ccccc2)c1=O. The first-order valence-electron chi connectivity index (χ1n) is 9.47. The molecule has 0 aliphatic carbocycles. The van der Waals surface area contributed by atoms with Gasteiger partial charge in [0.15, 0.2) is 16.6 Å². The Morgan fingerprint density at radius 2 is 1.62 bits per heavy atom. The number of hydrogen-bond donors (Lipinski definition) is 2. The number of carbonyl (C=O) groups is 1. The van der Waals surface area contributed by atoms with Crippen molar-refractivity contribution >= 4 is 46.1 Å². The molecule has 0 amide bonds. The number of carbonyl (C=O) groups excluding carboxylic acids is 1. The zero-order chi connectivity index (χ0) is 22.7. The third-order valence-electron chi connectivity index (χ3n) is 4.65. The van der Waals surface area contributed by atoms with E-state index in [4.69, 9.17) is 29.6 Å². The van der Waals surface area contributed by atoms with Crippen LogP contribution < -0.4 is 11.3 Å². The second-order valence-corrected chi connectivity index (χ2v) is 7.59. The molecule has 0 aliphatic rings. The molecule has 3 N–H and O–H groups in total. The van der Waals surface area contributed by atoms with E-state index in [0.29, 0.717) is 21.8 Å². The van der Waals surface area contributed by atoms with Crippen molar-refractivity contribution < 1.29 is 4.79 Å². The molecule has 0 atom stereocenters. The fourth-order valence-electron chi connectivity index (χ4n) is 3.11. The largest absolute Gasteiger partial charge is 0.374 e. The van der Waals surface area contributed by atoms with Crippen LogP contribution in [0.3, 0.4) is 0 Å². The summed E-state index contributed by atoms with van der Waals surface area (Å²) in [5.74, 6) is -0.264. The molecule has 3 aromatic carbocycles. The Kier molecular flexibility index (Phi) is 6.07. The van der Waals surface area contributed by atoms with E-state index in [1.54, 1.807) is 48.5 Å². The van der Waals surface area contributed by atoms with Crippen LogP contribution >= 0.6 is 23.8 Å². The molecule has 0 saturated carbocycles. The predicted octanol–water partition coefficient (Wildman–Crippen LogP) is 5.23. The summed E-state index contributed by atoms with van der Waals surface area (Å²) in [4.78, 5) is 25.9. The van der Waals surface area contributed by atoms with Crippen LogP contribution in [0.1, 0.15) is 15.9 Å². The zero-order valence-corrected chi connectivity index (χ0v) is 18.1. The Morgan fingerprint density at radius 1 is 0.969 bits per heavy atom. The highest BCUT2D eigenvalue weighted by atomic mass is 35.5. The van der Waals surface area contributed by atoms with Crippen molar-refractivity contribution in [1.29, 1.82) is 0 Å². The van der Waals surface area contributed by atoms with Crippen LogP contribution in [0.25, 0.3) is 11.3 Å². The molecule has 4 rings (SSSR count). The molecular weight excluding hydrogens is 446 g/mol. The molecule has 0 unspecified atom stereocenters. The summed E-state index contributed by atoms with van der Waals surface area (Å²) in [6.07, 6.45) is 0. The third-order valence-corrected chi connectivity index (χ3v) is 5.06. The Bertz CT molecular complexity index is 1400. The molecule has 1 heterocycles. The fourth-order valence-corrected chi connectivity index (χ4v) is 3.41. The van der Waals surface area contributed by atoms with Crippen LogP contribution in [-0.4, -0.2) is 20.7 Å². The number of hydrogen-bond acceptors (Lipinski definition) is 5. The van der Waals surface area contributed by atoms with E-state index in [-0.39, 0.29) is 27.8 Å². The van der Waals surface area contributed by atoms with Crippen molar-refractivity contribution in [2.24, 2.45) is 16.0 Å². The second-order valence-electron chi connectivity index (χ2n) is 6.74. The van der Waals surface area contributed by atoms with Gasteiger partial charge in [-0.3, -0.25) is 14.7 Å². The highest BCUT2D eigenvalue weighted by Gasteiger charge is 2.18. The molecule has 4 aromatic rings. The Hall–Kier alpha value is -3.88. The molecule has 158 valence electrons. The van der Waals surface area contributed by atoms with Gasteiger partial charge in [0.25, 0.3) is 0 Å². The maximum absolute atomic E-state index is 13.0. The van der Waals surface area contributed by atoms with Gasteiger partial charge in [0.1, 0.15) is 0 Å². The van der Waals surface area contributed by atoms with E-state index in [2.05, 4.69) is 15.3 Å². The van der Waals surface area contributed by atoms with Gasteiger partial charge < -0.3 is 5.73 Å². The fraction of sp³-hybridized carbons (Fsp3) is 0. The van der Waals surface area contributed by atoms with E-state index in [1.807, 2.05) is 24.3 Å². The van der Waals surface area contributed by atoms with Gasteiger partial charge in [-0.25, -0.2) is 0 Å². The van der Waals surface area contributed by atoms with Gasteiger partial charge in [0, 0.05) is 16.1 Å². The topological polar surface area (TPSA) is 106 Å². The predicted molar refractivity (Wildman–Crippen MR) is 128 cm³/mol. The van der Waals surface area contributed by atoms with E-state index >= 15 is 0 Å². The lowest BCUT2D eigenvalue weighted by Gasteiger charge is -2.05. The maximum Gasteiger partial charge on any atom is 0.301 e. The molecule has 0 aliphatic heterocycles. The van der Waals surface area contributed by atoms with Crippen molar-refractivity contribution in [2.45, 2.75) is 0 Å². The lowest BCUT2D eigenvalue weighted by Crippen LogP contribution is -2.29. The second kappa shape index (κ2) is 9.09. The average Bonchev–Trinajstić information content (AvgIpc) is 3.15. The number of halogens is 1. The summed E-state index contributed by atoms with van der Waals surface area (Å²) in [7, 11) is 0. The summed E-state index contributed by atoms with van der Waals surface area (Å²) < 4.78 is 1.02. The molecular formula is C23H16ClN5O2S. The van der Waals surface area contributed by atoms with Gasteiger partial charge in [-0.05, 0) is 30.4 Å². The van der Waals surface area contributed by atoms with Crippen LogP contribution in [0.15, 0.2) is 93.9 Å². The minimum absolute atomic E-state index is 0.0112. The smallest absolute Gasteiger partial charge is 0.301 e. The van der Waals surface area contributed by atoms with Gasteiger partial charge in [-0.15, -0.1) is 10.2 Å². The molecule has 0 saturated heterocycles. The summed E-state index contributed by atoms with van der Waals surface area (Å²) in [5.41, 5.74) is 7.23. The third kappa shape index (κ3) is 4.27. The average molecular weight is 462 g/mol. The van der Waals surface area contributed by atoms with Gasteiger partial charge >= 0.3 is 5.56 Å². The number of nitrogens with one attached hydrogen (secondary N) is 1. The van der Waals surface area contributed by atoms with E-state index in [1.165, 1.54) is 6.07 Å². The van der Waals surface area contributed by atoms with Crippen LogP contribution in [0, 0.1) is 0 Å². The molecule has 7 nitrogen and oxygen atoms in total. The molecule has 1 aromatic heterocycles. The summed E-state index contributed by atoms with van der Waals surface area (Å²) in [6.45, 7) is 0. The normalized spacial score (nSPS) is 11.0. The maximum atomic E-state index is 13.0. The van der Waals surface area contributed by atoms with E-state index in [0.717, 1.165) is 4.68 Å². The molecule has 0 bridgehead atoms. The zero-order valence-electron chi connectivity index (χ0n) is 16.5. The Labute approximate surface area is 193 Å². The molecule has 0 radical (unpaired) electrons. The van der Waals surface area contributed by atoms with Crippen molar-refractivity contribution in [3.05, 3.63) is 105 Å². The number of benzene rings is 3. The van der Waals surface area contributed by atoms with Crippen molar-refractivity contribution in [3.8, 4) is 11.3 Å². The van der Waals surface area contributed by atoms with Gasteiger partial charge in [-0.2, -0.15) is 4.68 Å². The highest BCUT2D eigenvalue weighted by Crippen LogP contribution is 2.30. The first kappa shape index (κ1) is 21.4. The number of azo groups is 1. The van der Waals surface area contributed by atoms with Gasteiger partial charge in [0.2, 0.25) is 0 Å². The standard InChI is InChI=1S/C23H16ClN5O2S/c24-16-11-12-18(17(13-16)21(30)15-9-5-2-6-10-15)26-27-20-19(14-7-3-1-4-8-14)28-29(22(20)31)23(25)32/h1-13,28H,(H2,25,32). The number of H-pyrrole nitrogens is 1. The van der Waals surface area contributed by atoms with Crippen LogP contribution in [0.2, 0.25) is 5.02 Å². The van der Waals surface area contributed by atoms with Crippen molar-refractivity contribution in [1.82, 2.24) is 9.78 Å². The lowest BCUT2D eigenvalue weighted by atomic mass is 10.0. The van der Waals surface area contributed by atoms with Crippen LogP contribution in [0.4, 0.5) is 11.4 Å². The number of ketones is 1. The van der Waals surface area contributed by atoms with E-state index < -0.39 is 5.56 Å². The highest BCUT2D eigenvalue weighted by molar-refractivity contribution is 7.80. The number of aromatic amines is 1. The van der Waals surface area contributed by atoms with Gasteiger partial charge in [0.05, 0.1) is 16.9 Å². The number of rotatable bonds is 5. The lowest BCUT2D eigenvalue weighted by molar-refractivity contribution is 0.103. The number of aromatic nitrogens is 2. The van der Waals surface area contributed by atoms with Gasteiger partial charge in [-0.1, -0.05) is 72.3 Å². The minimum Gasteiger partial charge on any atom is -0.374 e. The van der Waals surface area contributed by atoms with Crippen LogP contribution in [0.5, 0.6) is 0 Å². The monoisotopic (exact) mass is 461 g/mol. The number of thiocarbonyl (C=S) groups is 1. The first-order chi connectivity index (χ1) is 15.5. The quantitative estimate of drug-likeness (QED) is 0.241. The minimum atomic E-state index is -0.551. The molecule has 0 spiro atoms. The summed E-state index contributed by atoms with van der Waals surface area (Å²) in [6, 6.07) is 22.5. The first-order valence-corrected chi connectivity index (χ1v) is 10.3. The summed E-state index contributed by atoms with van der Waals surface area (Å²) in [5, 5.41) is 11.5. The summed E-state index contributed by atoms with van der Waals surface area (Å²) >= 11 is 11.1. The Balaban J connectivity index is 1.82. The number of nitrogens with zero attached hydrogens (tertiary/aromatic N) is 3. The molecule has 0 fully saturated rings. The number of nitrogens with two attached hydrogens (primary N) is 1. The van der Waals surface area contributed by atoms with Crippen molar-refractivity contribution in [3.63, 3.8) is 0 Å². The van der Waals surface area contributed by atoms with E-state index in [9.17, 15) is 9.59 Å². The molecule has 9 heteroatoms.